The molecular weight excluding hydrogens is 140 g/mol. The van der Waals surface area contributed by atoms with Crippen molar-refractivity contribution in [2.45, 2.75) is 4.90 Å². The molecule has 0 aliphatic heterocycles. The highest BCUT2D eigenvalue weighted by molar-refractivity contribution is 7.85. The predicted octanol–water partition coefficient (Wildman–Crippen LogP) is 0.652. The van der Waals surface area contributed by atoms with Crippen LogP contribution in [-0.4, -0.2) is 13.0 Å². The Morgan fingerprint density at radius 1 is 1.56 bits per heavy atom. The quantitative estimate of drug-likeness (QED) is 0.466. The first-order valence-electron chi connectivity index (χ1n) is 2.30. The molecule has 4 heteroatoms. The van der Waals surface area contributed by atoms with Gasteiger partial charge in [-0.2, -0.15) is 24.3 Å². The van der Waals surface area contributed by atoms with Crippen molar-refractivity contribution in [3.8, 4) is 0 Å². The van der Waals surface area contributed by atoms with E-state index < -0.39 is 10.1 Å². The fraction of sp³-hybridized carbons (Fsp3) is 0. The number of hydrogen-bond donors (Lipinski definition) is 1. The van der Waals surface area contributed by atoms with Crippen molar-refractivity contribution in [1.29, 1.82) is 0 Å². The maximum atomic E-state index is 10.2. The lowest BCUT2D eigenvalue weighted by atomic mass is 10.7. The van der Waals surface area contributed by atoms with Crippen molar-refractivity contribution in [2.75, 3.05) is 0 Å². The van der Waals surface area contributed by atoms with E-state index in [1.54, 1.807) is 12.1 Å². The van der Waals surface area contributed by atoms with Crippen LogP contribution in [-0.2, 0) is 10.1 Å². The van der Waals surface area contributed by atoms with Crippen LogP contribution in [0.2, 0.25) is 0 Å². The summed E-state index contributed by atoms with van der Waals surface area (Å²) in [6.45, 7) is 0. The molecule has 9 heavy (non-hydrogen) atoms. The van der Waals surface area contributed by atoms with Gasteiger partial charge in [-0.05, 0) is 0 Å². The third-order valence-electron chi connectivity index (χ3n) is 0.930. The van der Waals surface area contributed by atoms with Gasteiger partial charge in [0.05, 0.1) is 0 Å². The minimum atomic E-state index is -3.96. The van der Waals surface area contributed by atoms with Crippen LogP contribution in [0.1, 0.15) is 0 Å². The van der Waals surface area contributed by atoms with Gasteiger partial charge in [-0.15, -0.1) is 0 Å². The highest BCUT2D eigenvalue weighted by atomic mass is 32.2. The van der Waals surface area contributed by atoms with Crippen molar-refractivity contribution >= 4 is 10.1 Å². The third kappa shape index (κ3) is 1.34. The van der Waals surface area contributed by atoms with Gasteiger partial charge < -0.3 is 0 Å². The van der Waals surface area contributed by atoms with Gasteiger partial charge in [-0.1, -0.05) is 4.90 Å². The fourth-order valence-corrected chi connectivity index (χ4v) is 1.03. The van der Waals surface area contributed by atoms with E-state index >= 15 is 0 Å². The van der Waals surface area contributed by atoms with E-state index in [-0.39, 0.29) is 4.90 Å². The maximum Gasteiger partial charge on any atom is 0.236 e. The summed E-state index contributed by atoms with van der Waals surface area (Å²) < 4.78 is 28.8. The highest BCUT2D eigenvalue weighted by Gasteiger charge is 1.97. The van der Waals surface area contributed by atoms with Crippen LogP contribution in [0.4, 0.5) is 0 Å². The normalized spacial score (nSPS) is 11.7. The van der Waals surface area contributed by atoms with Crippen LogP contribution in [0.25, 0.3) is 0 Å². The molecule has 1 aromatic rings. The molecule has 1 aromatic carbocycles. The molecule has 0 bridgehead atoms. The minimum Gasteiger partial charge on any atom is -0.292 e. The molecule has 1 rings (SSSR count). The van der Waals surface area contributed by atoms with Crippen molar-refractivity contribution < 1.29 is 13.0 Å². The zero-order valence-corrected chi connectivity index (χ0v) is 5.30. The van der Waals surface area contributed by atoms with E-state index in [2.05, 4.69) is 0 Å². The summed E-state index contributed by atoms with van der Waals surface area (Å²) in [4.78, 5) is -0.0532. The Morgan fingerprint density at radius 2 is 2.22 bits per heavy atom. The Kier molecular flexibility index (Phi) is 1.34. The molecule has 0 spiro atoms. The smallest absolute Gasteiger partial charge is 0.236 e. The molecule has 0 aliphatic rings. The molecule has 0 atom stereocenters. The summed E-state index contributed by atoms with van der Waals surface area (Å²) in [5, 5.41) is 0. The van der Waals surface area contributed by atoms with Gasteiger partial charge in [0.15, 0.2) is 0 Å². The monoisotopic (exact) mass is 145 g/mol. The van der Waals surface area contributed by atoms with E-state index in [0.29, 0.717) is 0 Å². The summed E-state index contributed by atoms with van der Waals surface area (Å²) in [7, 11) is -3.96. The highest BCUT2D eigenvalue weighted by Crippen LogP contribution is 2.06. The van der Waals surface area contributed by atoms with Crippen molar-refractivity contribution in [2.24, 2.45) is 0 Å². The molecule has 0 saturated carbocycles. The average Bonchev–Trinajstić information content (AvgIpc) is 2.08. The summed E-state index contributed by atoms with van der Waals surface area (Å²) in [5.41, 5.74) is 0. The molecule has 0 aromatic heterocycles. The van der Waals surface area contributed by atoms with E-state index in [1.165, 1.54) is 12.1 Å². The molecular formula is C5H5O3S-. The van der Waals surface area contributed by atoms with Gasteiger partial charge in [0.1, 0.15) is 0 Å². The fourth-order valence-electron chi connectivity index (χ4n) is 0.528. The molecule has 50 valence electrons. The molecule has 0 heterocycles. The van der Waals surface area contributed by atoms with Crippen LogP contribution in [0.5, 0.6) is 0 Å². The lowest BCUT2D eigenvalue weighted by Crippen LogP contribution is -1.94. The molecule has 0 radical (unpaired) electrons. The second-order valence-electron chi connectivity index (χ2n) is 1.60. The first kappa shape index (κ1) is 6.38. The van der Waals surface area contributed by atoms with E-state index in [1.807, 2.05) is 0 Å². The Morgan fingerprint density at radius 3 is 2.44 bits per heavy atom. The molecule has 0 unspecified atom stereocenters. The van der Waals surface area contributed by atoms with Crippen LogP contribution in [0.15, 0.2) is 29.2 Å². The lowest BCUT2D eigenvalue weighted by Gasteiger charge is -1.94. The second kappa shape index (κ2) is 1.89. The first-order chi connectivity index (χ1) is 4.11. The van der Waals surface area contributed by atoms with Crippen LogP contribution < -0.4 is 0 Å². The Balaban J connectivity index is 3.20. The van der Waals surface area contributed by atoms with E-state index in [0.717, 1.165) is 0 Å². The SMILES string of the molecule is O=S(=O)(O)c1cc[cH-]c1. The third-order valence-corrected chi connectivity index (χ3v) is 1.80. The molecule has 0 fully saturated rings. The average molecular weight is 145 g/mol. The summed E-state index contributed by atoms with van der Waals surface area (Å²) in [6, 6.07) is 5.75. The van der Waals surface area contributed by atoms with Gasteiger partial charge >= 0.3 is 0 Å². The largest absolute Gasteiger partial charge is 0.292 e. The van der Waals surface area contributed by atoms with E-state index in [4.69, 9.17) is 4.55 Å². The molecule has 1 N–H and O–H groups in total. The predicted molar refractivity (Wildman–Crippen MR) is 31.8 cm³/mol. The van der Waals surface area contributed by atoms with Gasteiger partial charge in [0.25, 0.3) is 0 Å². The summed E-state index contributed by atoms with van der Waals surface area (Å²) >= 11 is 0. The van der Waals surface area contributed by atoms with Gasteiger partial charge in [0.2, 0.25) is 10.1 Å². The molecule has 0 amide bonds. The minimum absolute atomic E-state index is 0.0532. The first-order valence-corrected chi connectivity index (χ1v) is 3.74. The number of rotatable bonds is 1. The number of hydrogen-bond acceptors (Lipinski definition) is 2. The maximum absolute atomic E-state index is 10.2. The van der Waals surface area contributed by atoms with Crippen molar-refractivity contribution in [3.05, 3.63) is 24.3 Å². The van der Waals surface area contributed by atoms with Crippen molar-refractivity contribution in [3.63, 3.8) is 0 Å². The zero-order valence-electron chi connectivity index (χ0n) is 4.48. The molecule has 0 saturated heterocycles. The Bertz CT molecular complexity index is 269. The van der Waals surface area contributed by atoms with Crippen LogP contribution >= 0.6 is 0 Å². The van der Waals surface area contributed by atoms with Crippen LogP contribution in [0.3, 0.4) is 0 Å². The molecule has 3 nitrogen and oxygen atoms in total. The summed E-state index contributed by atoms with van der Waals surface area (Å²) in [5.74, 6) is 0. The molecule has 0 aliphatic carbocycles. The zero-order chi connectivity index (χ0) is 6.91. The Labute approximate surface area is 53.0 Å². The second-order valence-corrected chi connectivity index (χ2v) is 3.02. The van der Waals surface area contributed by atoms with Crippen molar-refractivity contribution in [1.82, 2.24) is 0 Å². The van der Waals surface area contributed by atoms with Gasteiger partial charge in [-0.3, -0.25) is 4.55 Å². The topological polar surface area (TPSA) is 54.4 Å². The van der Waals surface area contributed by atoms with E-state index in [9.17, 15) is 8.42 Å². The Hall–Kier alpha value is -0.740. The van der Waals surface area contributed by atoms with Gasteiger partial charge in [-0.25, -0.2) is 8.42 Å². The van der Waals surface area contributed by atoms with Crippen LogP contribution in [0, 0.1) is 0 Å². The standard InChI is InChI=1S/C5H5O3S/c6-9(7,8)5-3-1-2-4-5/h1-4H,(H,6,7,8)/q-1. The summed E-state index contributed by atoms with van der Waals surface area (Å²) in [6.07, 6.45) is 0. The van der Waals surface area contributed by atoms with Gasteiger partial charge in [0, 0.05) is 0 Å². The lowest BCUT2D eigenvalue weighted by molar-refractivity contribution is 0.483.